The molecule has 0 amide bonds. The Morgan fingerprint density at radius 3 is 2.37 bits per heavy atom. The summed E-state index contributed by atoms with van der Waals surface area (Å²) in [6.07, 6.45) is -3.94. The first-order chi connectivity index (χ1) is 8.65. The van der Waals surface area contributed by atoms with Gasteiger partial charge in [0.1, 0.15) is 6.04 Å². The van der Waals surface area contributed by atoms with Crippen molar-refractivity contribution >= 4 is 5.97 Å². The van der Waals surface area contributed by atoms with Gasteiger partial charge >= 0.3 is 12.1 Å². The zero-order chi connectivity index (χ0) is 15.1. The van der Waals surface area contributed by atoms with Crippen LogP contribution in [0.1, 0.15) is 27.2 Å². The minimum atomic E-state index is -4.22. The Morgan fingerprint density at radius 1 is 1.37 bits per heavy atom. The van der Waals surface area contributed by atoms with Crippen molar-refractivity contribution in [1.82, 2.24) is 10.2 Å². The van der Waals surface area contributed by atoms with E-state index in [9.17, 15) is 18.0 Å². The highest BCUT2D eigenvalue weighted by Crippen LogP contribution is 2.15. The average molecular weight is 284 g/mol. The lowest BCUT2D eigenvalue weighted by Crippen LogP contribution is -2.44. The smallest absolute Gasteiger partial charge is 0.401 e. The van der Waals surface area contributed by atoms with E-state index in [0.29, 0.717) is 0 Å². The molecule has 0 aromatic carbocycles. The second-order valence-electron chi connectivity index (χ2n) is 4.77. The van der Waals surface area contributed by atoms with Gasteiger partial charge in [0.15, 0.2) is 0 Å². The van der Waals surface area contributed by atoms with E-state index in [1.807, 2.05) is 13.8 Å². The number of nitrogens with zero attached hydrogens (tertiary/aromatic N) is 1. The van der Waals surface area contributed by atoms with Gasteiger partial charge in [0.2, 0.25) is 0 Å². The number of ether oxygens (including phenoxy) is 1. The van der Waals surface area contributed by atoms with Crippen molar-refractivity contribution in [3.8, 4) is 0 Å². The third kappa shape index (κ3) is 9.72. The molecular weight excluding hydrogens is 261 g/mol. The van der Waals surface area contributed by atoms with E-state index in [0.717, 1.165) is 4.90 Å². The summed E-state index contributed by atoms with van der Waals surface area (Å²) in [5.74, 6) is -0.420. The van der Waals surface area contributed by atoms with E-state index >= 15 is 0 Å². The summed E-state index contributed by atoms with van der Waals surface area (Å²) >= 11 is 0. The first kappa shape index (κ1) is 18.2. The number of alkyl halides is 3. The van der Waals surface area contributed by atoms with Crippen LogP contribution < -0.4 is 5.32 Å². The Hall–Kier alpha value is -0.820. The average Bonchev–Trinajstić information content (AvgIpc) is 2.21. The number of nitrogens with one attached hydrogen (secondary N) is 1. The van der Waals surface area contributed by atoms with Gasteiger partial charge in [-0.25, -0.2) is 0 Å². The van der Waals surface area contributed by atoms with E-state index in [1.54, 1.807) is 6.92 Å². The van der Waals surface area contributed by atoms with Crippen molar-refractivity contribution in [1.29, 1.82) is 0 Å². The first-order valence-corrected chi connectivity index (χ1v) is 6.33. The van der Waals surface area contributed by atoms with Crippen LogP contribution in [0.2, 0.25) is 0 Å². The van der Waals surface area contributed by atoms with Crippen LogP contribution in [0.25, 0.3) is 0 Å². The summed E-state index contributed by atoms with van der Waals surface area (Å²) in [6.45, 7) is 4.87. The number of rotatable bonds is 8. The second kappa shape index (κ2) is 8.37. The molecule has 0 aliphatic carbocycles. The molecule has 0 radical (unpaired) electrons. The van der Waals surface area contributed by atoms with Gasteiger partial charge in [-0.2, -0.15) is 13.2 Å². The molecule has 0 rings (SSSR count). The molecule has 114 valence electrons. The van der Waals surface area contributed by atoms with E-state index in [2.05, 4.69) is 5.32 Å². The molecule has 7 heteroatoms. The Bertz CT molecular complexity index is 270. The molecule has 1 atom stereocenters. The molecule has 0 aromatic heterocycles. The van der Waals surface area contributed by atoms with Gasteiger partial charge in [0.05, 0.1) is 13.2 Å². The predicted octanol–water partition coefficient (Wildman–Crippen LogP) is 1.80. The van der Waals surface area contributed by atoms with Crippen LogP contribution in [0.15, 0.2) is 0 Å². The SMILES string of the molecule is CCOC(=O)C(CCN(C)CC(F)(F)F)NC(C)C. The van der Waals surface area contributed by atoms with Crippen LogP contribution in [-0.4, -0.2) is 55.9 Å². The fraction of sp³-hybridized carbons (Fsp3) is 0.917. The van der Waals surface area contributed by atoms with Crippen LogP contribution in [0.4, 0.5) is 13.2 Å². The predicted molar refractivity (Wildman–Crippen MR) is 66.9 cm³/mol. The Kier molecular flexibility index (Phi) is 8.01. The van der Waals surface area contributed by atoms with Gasteiger partial charge in [-0.1, -0.05) is 13.8 Å². The number of hydrogen-bond donors (Lipinski definition) is 1. The van der Waals surface area contributed by atoms with Crippen LogP contribution in [0.5, 0.6) is 0 Å². The Labute approximate surface area is 112 Å². The van der Waals surface area contributed by atoms with Gasteiger partial charge in [0, 0.05) is 12.6 Å². The lowest BCUT2D eigenvalue weighted by atomic mass is 10.1. The maximum Gasteiger partial charge on any atom is 0.401 e. The zero-order valence-corrected chi connectivity index (χ0v) is 11.9. The minimum absolute atomic E-state index is 0.0577. The van der Waals surface area contributed by atoms with Crippen LogP contribution >= 0.6 is 0 Å². The number of esters is 1. The lowest BCUT2D eigenvalue weighted by molar-refractivity contribution is -0.147. The third-order valence-electron chi connectivity index (χ3n) is 2.35. The summed E-state index contributed by atoms with van der Waals surface area (Å²) in [5.41, 5.74) is 0. The summed E-state index contributed by atoms with van der Waals surface area (Å²) in [4.78, 5) is 12.8. The van der Waals surface area contributed by atoms with Crippen molar-refractivity contribution in [3.63, 3.8) is 0 Å². The van der Waals surface area contributed by atoms with E-state index in [4.69, 9.17) is 4.74 Å². The summed E-state index contributed by atoms with van der Waals surface area (Å²) in [6, 6.07) is -0.516. The van der Waals surface area contributed by atoms with Gasteiger partial charge in [-0.05, 0) is 20.4 Å². The number of carbonyl (C=O) groups is 1. The van der Waals surface area contributed by atoms with Crippen molar-refractivity contribution < 1.29 is 22.7 Å². The largest absolute Gasteiger partial charge is 0.465 e. The number of carbonyl (C=O) groups excluding carboxylic acids is 1. The van der Waals surface area contributed by atoms with Gasteiger partial charge in [-0.15, -0.1) is 0 Å². The molecular formula is C12H23F3N2O2. The molecule has 0 spiro atoms. The van der Waals surface area contributed by atoms with Gasteiger partial charge in [-0.3, -0.25) is 9.69 Å². The highest BCUT2D eigenvalue weighted by Gasteiger charge is 2.30. The molecule has 0 fully saturated rings. The standard InChI is InChI=1S/C12H23F3N2O2/c1-5-19-11(18)10(16-9(2)3)6-7-17(4)8-12(13,14)15/h9-10,16H,5-8H2,1-4H3. The highest BCUT2D eigenvalue weighted by molar-refractivity contribution is 5.75. The van der Waals surface area contributed by atoms with Crippen LogP contribution in [0.3, 0.4) is 0 Å². The molecule has 0 aliphatic rings. The maximum absolute atomic E-state index is 12.2. The Balaban J connectivity index is 4.29. The zero-order valence-electron chi connectivity index (χ0n) is 11.9. The fourth-order valence-corrected chi connectivity index (χ4v) is 1.65. The fourth-order valence-electron chi connectivity index (χ4n) is 1.65. The monoisotopic (exact) mass is 284 g/mol. The number of halogens is 3. The third-order valence-corrected chi connectivity index (χ3v) is 2.35. The summed E-state index contributed by atoms with van der Waals surface area (Å²) in [5, 5.41) is 3.00. The molecule has 0 aliphatic heterocycles. The normalized spacial score (nSPS) is 13.9. The molecule has 19 heavy (non-hydrogen) atoms. The van der Waals surface area contributed by atoms with Crippen molar-refractivity contribution in [2.24, 2.45) is 0 Å². The molecule has 0 saturated carbocycles. The minimum Gasteiger partial charge on any atom is -0.465 e. The molecule has 0 bridgehead atoms. The van der Waals surface area contributed by atoms with Gasteiger partial charge in [0.25, 0.3) is 0 Å². The molecule has 1 unspecified atom stereocenters. The van der Waals surface area contributed by atoms with E-state index in [1.165, 1.54) is 7.05 Å². The molecule has 0 heterocycles. The van der Waals surface area contributed by atoms with Crippen LogP contribution in [0, 0.1) is 0 Å². The van der Waals surface area contributed by atoms with Crippen molar-refractivity contribution in [3.05, 3.63) is 0 Å². The molecule has 0 aromatic rings. The van der Waals surface area contributed by atoms with Crippen molar-refractivity contribution in [2.75, 3.05) is 26.7 Å². The van der Waals surface area contributed by atoms with E-state index in [-0.39, 0.29) is 25.6 Å². The Morgan fingerprint density at radius 2 is 1.95 bits per heavy atom. The quantitative estimate of drug-likeness (QED) is 0.690. The topological polar surface area (TPSA) is 41.6 Å². The lowest BCUT2D eigenvalue weighted by Gasteiger charge is -2.23. The van der Waals surface area contributed by atoms with Crippen LogP contribution in [-0.2, 0) is 9.53 Å². The second-order valence-corrected chi connectivity index (χ2v) is 4.77. The van der Waals surface area contributed by atoms with E-state index < -0.39 is 24.7 Å². The number of hydrogen-bond acceptors (Lipinski definition) is 4. The maximum atomic E-state index is 12.2. The summed E-state index contributed by atoms with van der Waals surface area (Å²) < 4.78 is 41.4. The summed E-state index contributed by atoms with van der Waals surface area (Å²) in [7, 11) is 1.38. The van der Waals surface area contributed by atoms with Crippen molar-refractivity contribution in [2.45, 2.75) is 45.5 Å². The molecule has 4 nitrogen and oxygen atoms in total. The molecule has 1 N–H and O–H groups in total. The molecule has 0 saturated heterocycles. The highest BCUT2D eigenvalue weighted by atomic mass is 19.4. The first-order valence-electron chi connectivity index (χ1n) is 6.33. The van der Waals surface area contributed by atoms with Gasteiger partial charge < -0.3 is 10.1 Å².